The van der Waals surface area contributed by atoms with Crippen molar-refractivity contribution in [2.45, 2.75) is 20.3 Å². The molecular weight excluding hydrogens is 370 g/mol. The molecule has 0 fully saturated rings. The van der Waals surface area contributed by atoms with Gasteiger partial charge in [-0.1, -0.05) is 0 Å². The summed E-state index contributed by atoms with van der Waals surface area (Å²) in [5.41, 5.74) is 1.86. The van der Waals surface area contributed by atoms with Gasteiger partial charge in [0.2, 0.25) is 5.91 Å². The first kappa shape index (κ1) is 20.7. The molecule has 0 spiro atoms. The lowest BCUT2D eigenvalue weighted by atomic mass is 10.2. The highest BCUT2D eigenvalue weighted by atomic mass is 35.5. The number of ether oxygens (including phenoxy) is 1. The van der Waals surface area contributed by atoms with Crippen LogP contribution < -0.4 is 14.5 Å². The average Bonchev–Trinajstić information content (AvgIpc) is 3.17. The van der Waals surface area contributed by atoms with Gasteiger partial charge in [-0.3, -0.25) is 9.69 Å². The number of alkyl halides is 1. The van der Waals surface area contributed by atoms with Crippen molar-refractivity contribution in [2.24, 2.45) is 0 Å². The third kappa shape index (κ3) is 5.43. The number of amides is 1. The van der Waals surface area contributed by atoms with Crippen LogP contribution in [0.25, 0.3) is 11.3 Å². The third-order valence-electron chi connectivity index (χ3n) is 4.44. The number of benzene rings is 1. The standard InChI is InChI=1S/C19H26ClN3O2S/c1-4-22(5-2)11-6-12-23(18(24)13-20)19-21-17(14-26-19)15-7-9-16(25-3)10-8-15/h7-10,14H,4-6,11-13H2,1-3H3/p+1. The Morgan fingerprint density at radius 3 is 2.54 bits per heavy atom. The van der Waals surface area contributed by atoms with Gasteiger partial charge in [0.1, 0.15) is 11.6 Å². The molecule has 0 unspecified atom stereocenters. The molecule has 0 atom stereocenters. The van der Waals surface area contributed by atoms with Gasteiger partial charge in [-0.25, -0.2) is 4.98 Å². The van der Waals surface area contributed by atoms with Crippen LogP contribution in [0.15, 0.2) is 29.6 Å². The monoisotopic (exact) mass is 396 g/mol. The Morgan fingerprint density at radius 2 is 1.96 bits per heavy atom. The molecule has 0 bridgehead atoms. The summed E-state index contributed by atoms with van der Waals surface area (Å²) in [6, 6.07) is 7.75. The van der Waals surface area contributed by atoms with Crippen LogP contribution in [-0.4, -0.2) is 50.1 Å². The van der Waals surface area contributed by atoms with Gasteiger partial charge in [-0.2, -0.15) is 0 Å². The molecule has 0 aliphatic heterocycles. The number of anilines is 1. The minimum atomic E-state index is -0.100. The second-order valence-electron chi connectivity index (χ2n) is 5.98. The van der Waals surface area contributed by atoms with Gasteiger partial charge in [-0.15, -0.1) is 22.9 Å². The third-order valence-corrected chi connectivity index (χ3v) is 5.53. The topological polar surface area (TPSA) is 46.9 Å². The summed E-state index contributed by atoms with van der Waals surface area (Å²) in [7, 11) is 1.64. The van der Waals surface area contributed by atoms with Gasteiger partial charge in [0, 0.05) is 23.9 Å². The molecule has 0 aliphatic carbocycles. The highest BCUT2D eigenvalue weighted by molar-refractivity contribution is 7.14. The van der Waals surface area contributed by atoms with Crippen molar-refractivity contribution in [1.29, 1.82) is 0 Å². The fourth-order valence-electron chi connectivity index (χ4n) is 2.77. The van der Waals surface area contributed by atoms with Crippen LogP contribution in [0.2, 0.25) is 0 Å². The van der Waals surface area contributed by atoms with Crippen LogP contribution in [0.1, 0.15) is 20.3 Å². The minimum absolute atomic E-state index is 0.0322. The van der Waals surface area contributed by atoms with Gasteiger partial charge in [0.05, 0.1) is 32.4 Å². The van der Waals surface area contributed by atoms with E-state index in [1.807, 2.05) is 29.6 Å². The molecule has 142 valence electrons. The molecule has 0 radical (unpaired) electrons. The number of thiazole rings is 1. The predicted octanol–water partition coefficient (Wildman–Crippen LogP) is 2.71. The Balaban J connectivity index is 2.10. The van der Waals surface area contributed by atoms with E-state index in [0.29, 0.717) is 11.7 Å². The van der Waals surface area contributed by atoms with E-state index >= 15 is 0 Å². The van der Waals surface area contributed by atoms with E-state index in [2.05, 4.69) is 18.8 Å². The number of nitrogens with one attached hydrogen (secondary N) is 1. The van der Waals surface area contributed by atoms with E-state index in [1.165, 1.54) is 16.2 Å². The summed E-state index contributed by atoms with van der Waals surface area (Å²) in [6.07, 6.45) is 0.928. The zero-order valence-electron chi connectivity index (χ0n) is 15.6. The van der Waals surface area contributed by atoms with Crippen molar-refractivity contribution in [3.05, 3.63) is 29.6 Å². The van der Waals surface area contributed by atoms with E-state index in [1.54, 1.807) is 12.0 Å². The largest absolute Gasteiger partial charge is 0.497 e. The first-order valence-electron chi connectivity index (χ1n) is 8.92. The molecule has 7 heteroatoms. The highest BCUT2D eigenvalue weighted by Gasteiger charge is 2.19. The summed E-state index contributed by atoms with van der Waals surface area (Å²) in [6.45, 7) is 8.24. The van der Waals surface area contributed by atoms with Crippen molar-refractivity contribution in [1.82, 2.24) is 4.98 Å². The summed E-state index contributed by atoms with van der Waals surface area (Å²) >= 11 is 7.29. The number of rotatable bonds is 10. The highest BCUT2D eigenvalue weighted by Crippen LogP contribution is 2.29. The van der Waals surface area contributed by atoms with Crippen LogP contribution in [0, 0.1) is 0 Å². The molecule has 1 aromatic heterocycles. The molecule has 0 saturated carbocycles. The second kappa shape index (κ2) is 10.5. The second-order valence-corrected chi connectivity index (χ2v) is 7.09. The smallest absolute Gasteiger partial charge is 0.243 e. The molecule has 2 aromatic rings. The van der Waals surface area contributed by atoms with Crippen molar-refractivity contribution in [3.63, 3.8) is 0 Å². The Bertz CT molecular complexity index is 686. The van der Waals surface area contributed by atoms with Crippen LogP contribution >= 0.6 is 22.9 Å². The number of quaternary nitrogens is 1. The first-order valence-corrected chi connectivity index (χ1v) is 10.3. The van der Waals surface area contributed by atoms with E-state index in [0.717, 1.165) is 43.1 Å². The summed E-state index contributed by atoms with van der Waals surface area (Å²) < 4.78 is 5.19. The molecule has 2 rings (SSSR count). The quantitative estimate of drug-likeness (QED) is 0.628. The molecule has 0 saturated heterocycles. The van der Waals surface area contributed by atoms with E-state index in [4.69, 9.17) is 16.3 Å². The van der Waals surface area contributed by atoms with Gasteiger partial charge in [-0.05, 0) is 38.1 Å². The number of methoxy groups -OCH3 is 1. The maximum absolute atomic E-state index is 12.3. The number of hydrogen-bond donors (Lipinski definition) is 1. The number of aromatic nitrogens is 1. The van der Waals surface area contributed by atoms with E-state index < -0.39 is 0 Å². The zero-order chi connectivity index (χ0) is 18.9. The normalized spacial score (nSPS) is 11.0. The number of hydrogen-bond acceptors (Lipinski definition) is 4. The molecule has 1 aromatic carbocycles. The van der Waals surface area contributed by atoms with Crippen molar-refractivity contribution in [2.75, 3.05) is 44.1 Å². The van der Waals surface area contributed by atoms with Gasteiger partial charge < -0.3 is 9.64 Å². The first-order chi connectivity index (χ1) is 12.6. The molecule has 1 heterocycles. The number of carbonyl (C=O) groups excluding carboxylic acids is 1. The van der Waals surface area contributed by atoms with Gasteiger partial charge in [0.15, 0.2) is 5.13 Å². The Kier molecular flexibility index (Phi) is 8.35. The molecule has 0 aliphatic rings. The summed E-state index contributed by atoms with van der Waals surface area (Å²) in [4.78, 5) is 20.2. The SMILES string of the molecule is CC[NH+](CC)CCCN(C(=O)CCl)c1nc(-c2ccc(OC)cc2)cs1. The molecule has 1 N–H and O–H groups in total. The van der Waals surface area contributed by atoms with Gasteiger partial charge in [0.25, 0.3) is 0 Å². The number of halogens is 1. The van der Waals surface area contributed by atoms with Crippen LogP contribution in [-0.2, 0) is 4.79 Å². The Morgan fingerprint density at radius 1 is 1.27 bits per heavy atom. The zero-order valence-corrected chi connectivity index (χ0v) is 17.2. The number of carbonyl (C=O) groups is 1. The van der Waals surface area contributed by atoms with Crippen molar-refractivity contribution in [3.8, 4) is 17.0 Å². The lowest BCUT2D eigenvalue weighted by molar-refractivity contribution is -0.896. The predicted molar refractivity (Wildman–Crippen MR) is 109 cm³/mol. The minimum Gasteiger partial charge on any atom is -0.497 e. The maximum Gasteiger partial charge on any atom is 0.243 e. The van der Waals surface area contributed by atoms with E-state index in [-0.39, 0.29) is 11.8 Å². The van der Waals surface area contributed by atoms with Crippen LogP contribution in [0.3, 0.4) is 0 Å². The van der Waals surface area contributed by atoms with Crippen molar-refractivity contribution >= 4 is 34.0 Å². The van der Waals surface area contributed by atoms with Gasteiger partial charge >= 0.3 is 0 Å². The average molecular weight is 397 g/mol. The summed E-state index contributed by atoms with van der Waals surface area (Å²) in [5, 5.41) is 2.68. The molecular formula is C19H27ClN3O2S+. The Hall–Kier alpha value is -1.63. The lowest BCUT2D eigenvalue weighted by Gasteiger charge is -2.21. The van der Waals surface area contributed by atoms with Crippen LogP contribution in [0.5, 0.6) is 5.75 Å². The maximum atomic E-state index is 12.3. The molecule has 5 nitrogen and oxygen atoms in total. The van der Waals surface area contributed by atoms with E-state index in [9.17, 15) is 4.79 Å². The van der Waals surface area contributed by atoms with Crippen molar-refractivity contribution < 1.29 is 14.4 Å². The lowest BCUT2D eigenvalue weighted by Crippen LogP contribution is -3.11. The summed E-state index contributed by atoms with van der Waals surface area (Å²) in [5.74, 6) is 0.675. The Labute approximate surface area is 164 Å². The fraction of sp³-hybridized carbons (Fsp3) is 0.474. The molecule has 1 amide bonds. The van der Waals surface area contributed by atoms with Crippen LogP contribution in [0.4, 0.5) is 5.13 Å². The number of nitrogens with zero attached hydrogens (tertiary/aromatic N) is 2. The fourth-order valence-corrected chi connectivity index (χ4v) is 3.79. The molecule has 26 heavy (non-hydrogen) atoms.